The van der Waals surface area contributed by atoms with E-state index in [-0.39, 0.29) is 0 Å². The molecular formula is C12H15N3O. The van der Waals surface area contributed by atoms with Gasteiger partial charge in [0.2, 0.25) is 0 Å². The molecule has 4 nitrogen and oxygen atoms in total. The van der Waals surface area contributed by atoms with E-state index >= 15 is 0 Å². The lowest BCUT2D eigenvalue weighted by atomic mass is 10.3. The van der Waals surface area contributed by atoms with Gasteiger partial charge in [-0.1, -0.05) is 6.92 Å². The van der Waals surface area contributed by atoms with Gasteiger partial charge in [-0.05, 0) is 19.0 Å². The van der Waals surface area contributed by atoms with Crippen LogP contribution in [-0.2, 0) is 6.54 Å². The second-order valence-corrected chi connectivity index (χ2v) is 3.60. The Morgan fingerprint density at radius 2 is 2.12 bits per heavy atom. The average molecular weight is 217 g/mol. The summed E-state index contributed by atoms with van der Waals surface area (Å²) >= 11 is 0. The van der Waals surface area contributed by atoms with Crippen molar-refractivity contribution < 1.29 is 4.42 Å². The minimum absolute atomic E-state index is 0.702. The number of hydrogen-bond donors (Lipinski definition) is 1. The number of nitrogens with one attached hydrogen (secondary N) is 1. The maximum atomic E-state index is 4.99. The van der Waals surface area contributed by atoms with Crippen LogP contribution in [0.2, 0.25) is 0 Å². The number of hydrogen-bond acceptors (Lipinski definition) is 4. The summed E-state index contributed by atoms with van der Waals surface area (Å²) in [5.41, 5.74) is 2.01. The Hall–Kier alpha value is -1.68. The summed E-state index contributed by atoms with van der Waals surface area (Å²) in [6.07, 6.45) is 8.09. The molecular weight excluding hydrogens is 202 g/mol. The van der Waals surface area contributed by atoms with Crippen LogP contribution in [0.15, 0.2) is 35.4 Å². The number of aromatic nitrogens is 2. The normalized spacial score (nSPS) is 10.6. The minimum atomic E-state index is 0.702. The van der Waals surface area contributed by atoms with E-state index in [9.17, 15) is 0 Å². The van der Waals surface area contributed by atoms with Gasteiger partial charge in [0.05, 0.1) is 11.8 Å². The van der Waals surface area contributed by atoms with Crippen molar-refractivity contribution >= 4 is 0 Å². The van der Waals surface area contributed by atoms with E-state index < -0.39 is 0 Å². The summed E-state index contributed by atoms with van der Waals surface area (Å²) in [6.45, 7) is 3.98. The van der Waals surface area contributed by atoms with E-state index in [0.29, 0.717) is 5.82 Å². The van der Waals surface area contributed by atoms with E-state index in [1.165, 1.54) is 0 Å². The van der Waals surface area contributed by atoms with E-state index in [0.717, 1.165) is 30.6 Å². The molecule has 0 aliphatic rings. The van der Waals surface area contributed by atoms with Gasteiger partial charge in [0.1, 0.15) is 6.26 Å². The molecule has 0 fully saturated rings. The number of rotatable bonds is 5. The molecule has 0 saturated heterocycles. The fourth-order valence-electron chi connectivity index (χ4n) is 1.40. The highest BCUT2D eigenvalue weighted by molar-refractivity contribution is 5.51. The van der Waals surface area contributed by atoms with Crippen LogP contribution in [-0.4, -0.2) is 16.5 Å². The molecule has 0 aromatic carbocycles. The summed E-state index contributed by atoms with van der Waals surface area (Å²) in [6, 6.07) is 1.85. The van der Waals surface area contributed by atoms with Crippen LogP contribution >= 0.6 is 0 Å². The highest BCUT2D eigenvalue weighted by Crippen LogP contribution is 2.13. The van der Waals surface area contributed by atoms with Gasteiger partial charge in [-0.3, -0.25) is 0 Å². The molecule has 0 amide bonds. The van der Waals surface area contributed by atoms with Gasteiger partial charge in [0.25, 0.3) is 0 Å². The predicted octanol–water partition coefficient (Wildman–Crippen LogP) is 2.24. The molecule has 16 heavy (non-hydrogen) atoms. The molecule has 0 atom stereocenters. The Kier molecular flexibility index (Phi) is 3.66. The molecule has 0 radical (unpaired) electrons. The van der Waals surface area contributed by atoms with Gasteiger partial charge < -0.3 is 9.73 Å². The summed E-state index contributed by atoms with van der Waals surface area (Å²) in [4.78, 5) is 8.58. The molecule has 1 N–H and O–H groups in total. The van der Waals surface area contributed by atoms with Crippen molar-refractivity contribution in [1.82, 2.24) is 15.3 Å². The SMILES string of the molecule is CCCNCc1cnc(-c2ccoc2)nc1. The van der Waals surface area contributed by atoms with Gasteiger partial charge >= 0.3 is 0 Å². The largest absolute Gasteiger partial charge is 0.472 e. The van der Waals surface area contributed by atoms with E-state index in [1.54, 1.807) is 12.5 Å². The van der Waals surface area contributed by atoms with Crippen LogP contribution in [0.5, 0.6) is 0 Å². The second kappa shape index (κ2) is 5.42. The summed E-state index contributed by atoms with van der Waals surface area (Å²) in [5, 5.41) is 3.31. The first-order valence-corrected chi connectivity index (χ1v) is 5.44. The molecule has 0 saturated carbocycles. The highest BCUT2D eigenvalue weighted by Gasteiger charge is 2.01. The fourth-order valence-corrected chi connectivity index (χ4v) is 1.40. The van der Waals surface area contributed by atoms with Crippen molar-refractivity contribution in [3.05, 3.63) is 36.5 Å². The molecule has 0 aliphatic carbocycles. The first-order valence-electron chi connectivity index (χ1n) is 5.44. The van der Waals surface area contributed by atoms with Crippen LogP contribution in [0.1, 0.15) is 18.9 Å². The third-order valence-electron chi connectivity index (χ3n) is 2.24. The average Bonchev–Trinajstić information content (AvgIpc) is 2.84. The standard InChI is InChI=1S/C12H15N3O/c1-2-4-13-6-10-7-14-12(15-8-10)11-3-5-16-9-11/h3,5,7-9,13H,2,4,6H2,1H3. The third-order valence-corrected chi connectivity index (χ3v) is 2.24. The van der Waals surface area contributed by atoms with Gasteiger partial charge in [-0.2, -0.15) is 0 Å². The van der Waals surface area contributed by atoms with Crippen LogP contribution in [0.25, 0.3) is 11.4 Å². The van der Waals surface area contributed by atoms with Gasteiger partial charge in [0.15, 0.2) is 5.82 Å². The number of nitrogens with zero attached hydrogens (tertiary/aromatic N) is 2. The van der Waals surface area contributed by atoms with Crippen LogP contribution in [0.4, 0.5) is 0 Å². The third kappa shape index (κ3) is 2.67. The maximum absolute atomic E-state index is 4.99. The predicted molar refractivity (Wildman–Crippen MR) is 61.7 cm³/mol. The Labute approximate surface area is 94.7 Å². The van der Waals surface area contributed by atoms with E-state index in [1.807, 2.05) is 18.5 Å². The molecule has 2 rings (SSSR count). The zero-order chi connectivity index (χ0) is 11.2. The van der Waals surface area contributed by atoms with Crippen molar-refractivity contribution in [2.24, 2.45) is 0 Å². The first-order chi connectivity index (χ1) is 7.90. The van der Waals surface area contributed by atoms with Crippen LogP contribution < -0.4 is 5.32 Å². The lowest BCUT2D eigenvalue weighted by molar-refractivity contribution is 0.568. The topological polar surface area (TPSA) is 51.0 Å². The first kappa shape index (κ1) is 10.8. The van der Waals surface area contributed by atoms with E-state index in [4.69, 9.17) is 4.42 Å². The maximum Gasteiger partial charge on any atom is 0.162 e. The zero-order valence-corrected chi connectivity index (χ0v) is 9.31. The monoisotopic (exact) mass is 217 g/mol. The molecule has 2 aromatic heterocycles. The van der Waals surface area contributed by atoms with Crippen molar-refractivity contribution in [3.63, 3.8) is 0 Å². The summed E-state index contributed by atoms with van der Waals surface area (Å²) < 4.78 is 4.99. The molecule has 0 aliphatic heterocycles. The lowest BCUT2D eigenvalue weighted by Gasteiger charge is -2.02. The van der Waals surface area contributed by atoms with Crippen LogP contribution in [0.3, 0.4) is 0 Å². The quantitative estimate of drug-likeness (QED) is 0.780. The molecule has 0 unspecified atom stereocenters. The molecule has 2 aromatic rings. The molecule has 4 heteroatoms. The van der Waals surface area contributed by atoms with E-state index in [2.05, 4.69) is 22.2 Å². The van der Waals surface area contributed by atoms with Crippen molar-refractivity contribution in [2.75, 3.05) is 6.54 Å². The highest BCUT2D eigenvalue weighted by atomic mass is 16.3. The van der Waals surface area contributed by atoms with Crippen molar-refractivity contribution in [1.29, 1.82) is 0 Å². The summed E-state index contributed by atoms with van der Waals surface area (Å²) in [7, 11) is 0. The van der Waals surface area contributed by atoms with Crippen molar-refractivity contribution in [2.45, 2.75) is 19.9 Å². The smallest absolute Gasteiger partial charge is 0.162 e. The van der Waals surface area contributed by atoms with Crippen LogP contribution in [0, 0.1) is 0 Å². The van der Waals surface area contributed by atoms with Gasteiger partial charge in [0, 0.05) is 24.5 Å². The minimum Gasteiger partial charge on any atom is -0.472 e. The Balaban J connectivity index is 2.00. The Bertz CT molecular complexity index is 408. The number of furan rings is 1. The molecule has 84 valence electrons. The zero-order valence-electron chi connectivity index (χ0n) is 9.31. The van der Waals surface area contributed by atoms with Gasteiger partial charge in [-0.15, -0.1) is 0 Å². The Morgan fingerprint density at radius 3 is 2.75 bits per heavy atom. The molecule has 0 bridgehead atoms. The Morgan fingerprint density at radius 1 is 1.31 bits per heavy atom. The fraction of sp³-hybridized carbons (Fsp3) is 0.333. The van der Waals surface area contributed by atoms with Crippen molar-refractivity contribution in [3.8, 4) is 11.4 Å². The van der Waals surface area contributed by atoms with Gasteiger partial charge in [-0.25, -0.2) is 9.97 Å². The second-order valence-electron chi connectivity index (χ2n) is 3.60. The molecule has 0 spiro atoms. The lowest BCUT2D eigenvalue weighted by Crippen LogP contribution is -2.14. The summed E-state index contributed by atoms with van der Waals surface area (Å²) in [5.74, 6) is 0.702. The molecule has 2 heterocycles.